The third-order valence-corrected chi connectivity index (χ3v) is 7.44. The van der Waals surface area contributed by atoms with Crippen LogP contribution in [-0.2, 0) is 26.9 Å². The van der Waals surface area contributed by atoms with Crippen molar-refractivity contribution in [1.82, 2.24) is 10.2 Å². The van der Waals surface area contributed by atoms with Crippen molar-refractivity contribution in [2.24, 2.45) is 11.8 Å². The van der Waals surface area contributed by atoms with E-state index in [-0.39, 0.29) is 42.5 Å². The second kappa shape index (κ2) is 10.5. The molecule has 0 radical (unpaired) electrons. The number of carbonyl (C=O) groups excluding carboxylic acids is 2. The topological polar surface area (TPSA) is 58.6 Å². The van der Waals surface area contributed by atoms with E-state index >= 15 is 0 Å². The van der Waals surface area contributed by atoms with Crippen molar-refractivity contribution in [3.05, 3.63) is 101 Å². The molecule has 3 atom stereocenters. The fourth-order valence-electron chi connectivity index (χ4n) is 5.42. The third-order valence-electron chi connectivity index (χ3n) is 7.44. The van der Waals surface area contributed by atoms with Crippen LogP contribution in [0.1, 0.15) is 29.5 Å². The highest BCUT2D eigenvalue weighted by Crippen LogP contribution is 2.53. The summed E-state index contributed by atoms with van der Waals surface area (Å²) in [7, 11) is 0. The van der Waals surface area contributed by atoms with Crippen LogP contribution in [-0.4, -0.2) is 42.6 Å². The Hall–Kier alpha value is -3.81. The largest absolute Gasteiger partial charge is 0.459 e. The molecule has 5 rings (SSSR count). The average molecular weight is 523 g/mol. The number of esters is 1. The van der Waals surface area contributed by atoms with Gasteiger partial charge in [0.15, 0.2) is 0 Å². The maximum atomic E-state index is 14.9. The van der Waals surface area contributed by atoms with Crippen LogP contribution < -0.4 is 5.32 Å². The smallest absolute Gasteiger partial charge is 0.329 e. The third kappa shape index (κ3) is 4.87. The van der Waals surface area contributed by atoms with Gasteiger partial charge in [-0.2, -0.15) is 8.78 Å². The molecule has 3 aliphatic rings. The fourth-order valence-corrected chi connectivity index (χ4v) is 5.42. The lowest BCUT2D eigenvalue weighted by atomic mass is 9.89. The molecule has 0 aromatic heterocycles. The molecule has 0 bridgehead atoms. The molecule has 2 aliphatic carbocycles. The SMILES string of the molecule is C=C(CNC(=O)C1C=C2C(=CC1)C(F)(F)c1ccccc12)N1CC(CF)C[C@H]1C(=O)OCc1ccccc1. The van der Waals surface area contributed by atoms with Crippen LogP contribution in [0, 0.1) is 11.8 Å². The molecule has 1 N–H and O–H groups in total. The number of benzene rings is 2. The van der Waals surface area contributed by atoms with Gasteiger partial charge in [-0.3, -0.25) is 9.18 Å². The first kappa shape index (κ1) is 25.8. The van der Waals surface area contributed by atoms with Gasteiger partial charge in [-0.25, -0.2) is 4.79 Å². The summed E-state index contributed by atoms with van der Waals surface area (Å²) in [6.45, 7) is 3.91. The molecule has 0 saturated carbocycles. The van der Waals surface area contributed by atoms with E-state index in [1.165, 1.54) is 12.1 Å². The van der Waals surface area contributed by atoms with E-state index in [0.29, 0.717) is 29.8 Å². The number of hydrogen-bond acceptors (Lipinski definition) is 4. The monoisotopic (exact) mass is 522 g/mol. The van der Waals surface area contributed by atoms with Gasteiger partial charge in [-0.05, 0) is 29.5 Å². The van der Waals surface area contributed by atoms with Crippen LogP contribution in [0.15, 0.2) is 84.6 Å². The Labute approximate surface area is 219 Å². The first-order valence-electron chi connectivity index (χ1n) is 12.7. The molecular formula is C30H29F3N2O3. The summed E-state index contributed by atoms with van der Waals surface area (Å²) < 4.78 is 48.7. The number of nitrogens with zero attached hydrogens (tertiary/aromatic N) is 1. The van der Waals surface area contributed by atoms with Gasteiger partial charge in [0.05, 0.1) is 19.1 Å². The van der Waals surface area contributed by atoms with E-state index in [9.17, 15) is 22.8 Å². The van der Waals surface area contributed by atoms with Crippen LogP contribution >= 0.6 is 0 Å². The summed E-state index contributed by atoms with van der Waals surface area (Å²) in [4.78, 5) is 27.5. The lowest BCUT2D eigenvalue weighted by Gasteiger charge is -2.28. The number of hydrogen-bond donors (Lipinski definition) is 1. The lowest BCUT2D eigenvalue weighted by Crippen LogP contribution is -2.41. The van der Waals surface area contributed by atoms with Gasteiger partial charge in [-0.1, -0.05) is 73.3 Å². The number of alkyl halides is 3. The minimum atomic E-state index is -3.08. The van der Waals surface area contributed by atoms with Crippen molar-refractivity contribution >= 4 is 17.4 Å². The van der Waals surface area contributed by atoms with Crippen LogP contribution in [0.3, 0.4) is 0 Å². The fraction of sp³-hybridized carbons (Fsp3) is 0.333. The van der Waals surface area contributed by atoms with Gasteiger partial charge >= 0.3 is 5.97 Å². The Morgan fingerprint density at radius 2 is 1.84 bits per heavy atom. The lowest BCUT2D eigenvalue weighted by molar-refractivity contribution is -0.149. The molecule has 8 heteroatoms. The first-order chi connectivity index (χ1) is 18.3. The number of nitrogens with one attached hydrogen (secondary N) is 1. The summed E-state index contributed by atoms with van der Waals surface area (Å²) in [5.74, 6) is -4.83. The highest BCUT2D eigenvalue weighted by Gasteiger charge is 2.48. The summed E-state index contributed by atoms with van der Waals surface area (Å²) in [5, 5.41) is 2.82. The second-order valence-electron chi connectivity index (χ2n) is 9.96. The van der Waals surface area contributed by atoms with Gasteiger partial charge in [0, 0.05) is 29.3 Å². The highest BCUT2D eigenvalue weighted by atomic mass is 19.3. The van der Waals surface area contributed by atoms with Gasteiger partial charge < -0.3 is 15.0 Å². The van der Waals surface area contributed by atoms with Crippen molar-refractivity contribution in [2.75, 3.05) is 19.8 Å². The van der Waals surface area contributed by atoms with Gasteiger partial charge in [0.1, 0.15) is 12.6 Å². The maximum absolute atomic E-state index is 14.9. The predicted molar refractivity (Wildman–Crippen MR) is 137 cm³/mol. The average Bonchev–Trinajstić information content (AvgIpc) is 3.48. The van der Waals surface area contributed by atoms with Crippen LogP contribution in [0.25, 0.3) is 5.57 Å². The number of amides is 1. The number of allylic oxidation sites excluding steroid dienone is 3. The minimum Gasteiger partial charge on any atom is -0.459 e. The Morgan fingerprint density at radius 3 is 2.61 bits per heavy atom. The molecule has 1 aliphatic heterocycles. The van der Waals surface area contributed by atoms with E-state index < -0.39 is 30.5 Å². The van der Waals surface area contributed by atoms with Crippen molar-refractivity contribution in [1.29, 1.82) is 0 Å². The van der Waals surface area contributed by atoms with Crippen LogP contribution in [0.5, 0.6) is 0 Å². The number of carbonyl (C=O) groups is 2. The molecule has 198 valence electrons. The van der Waals surface area contributed by atoms with E-state index in [0.717, 1.165) is 5.56 Å². The van der Waals surface area contributed by atoms with Gasteiger partial charge in [0.25, 0.3) is 5.92 Å². The normalized spacial score (nSPS) is 23.1. The van der Waals surface area contributed by atoms with E-state index in [1.807, 2.05) is 30.3 Å². The highest BCUT2D eigenvalue weighted by molar-refractivity contribution is 5.93. The molecule has 1 heterocycles. The predicted octanol–water partition coefficient (Wildman–Crippen LogP) is 5.16. The van der Waals surface area contributed by atoms with Crippen molar-refractivity contribution < 1.29 is 27.5 Å². The van der Waals surface area contributed by atoms with Crippen molar-refractivity contribution in [2.45, 2.75) is 31.4 Å². The van der Waals surface area contributed by atoms with Crippen molar-refractivity contribution in [3.63, 3.8) is 0 Å². The zero-order valence-corrected chi connectivity index (χ0v) is 20.8. The minimum absolute atomic E-state index is 0.0449. The number of rotatable bonds is 8. The molecule has 2 aromatic carbocycles. The molecular weight excluding hydrogens is 493 g/mol. The van der Waals surface area contributed by atoms with Crippen LogP contribution in [0.2, 0.25) is 0 Å². The molecule has 1 saturated heterocycles. The summed E-state index contributed by atoms with van der Waals surface area (Å²) in [6, 6.07) is 14.9. The van der Waals surface area contributed by atoms with E-state index in [2.05, 4.69) is 11.9 Å². The quantitative estimate of drug-likeness (QED) is 0.487. The number of likely N-dealkylation sites (tertiary alicyclic amines) is 1. The maximum Gasteiger partial charge on any atom is 0.329 e. The molecule has 5 nitrogen and oxygen atoms in total. The first-order valence-corrected chi connectivity index (χ1v) is 12.7. The second-order valence-corrected chi connectivity index (χ2v) is 9.96. The molecule has 1 fully saturated rings. The zero-order valence-electron chi connectivity index (χ0n) is 20.8. The Kier molecular flexibility index (Phi) is 7.15. The summed E-state index contributed by atoms with van der Waals surface area (Å²) >= 11 is 0. The van der Waals surface area contributed by atoms with Gasteiger partial charge in [0.2, 0.25) is 5.91 Å². The van der Waals surface area contributed by atoms with Gasteiger partial charge in [-0.15, -0.1) is 0 Å². The molecule has 0 spiro atoms. The molecule has 38 heavy (non-hydrogen) atoms. The Morgan fingerprint density at radius 1 is 1.11 bits per heavy atom. The number of halogens is 3. The van der Waals surface area contributed by atoms with E-state index in [4.69, 9.17) is 4.74 Å². The summed E-state index contributed by atoms with van der Waals surface area (Å²) in [6.07, 6.45) is 3.50. The van der Waals surface area contributed by atoms with E-state index in [1.54, 1.807) is 29.2 Å². The Balaban J connectivity index is 1.21. The van der Waals surface area contributed by atoms with Crippen molar-refractivity contribution in [3.8, 4) is 0 Å². The molecule has 2 aromatic rings. The number of ether oxygens (including phenoxy) is 1. The zero-order chi connectivity index (χ0) is 26.9. The Bertz CT molecular complexity index is 1300. The summed E-state index contributed by atoms with van der Waals surface area (Å²) in [5.41, 5.74) is 2.04. The standard InChI is InChI=1S/C30H29F3N2O3/c1-19(35-17-21(15-31)13-27(35)29(37)38-18-20-7-3-2-4-8-20)16-34-28(36)22-11-12-26-24(14-22)23-9-5-6-10-25(23)30(26,32)33/h2-10,12,14,21-22,27H,1,11,13,15-18H2,(H,34,36)/t21?,22?,27-/m0/s1. The molecule has 2 unspecified atom stereocenters. The molecule has 1 amide bonds. The number of fused-ring (bicyclic) bond motifs is 3. The van der Waals surface area contributed by atoms with Crippen LogP contribution in [0.4, 0.5) is 13.2 Å².